The van der Waals surface area contributed by atoms with Gasteiger partial charge in [0.2, 0.25) is 5.91 Å². The van der Waals surface area contributed by atoms with Crippen LogP contribution >= 0.6 is 0 Å². The summed E-state index contributed by atoms with van der Waals surface area (Å²) in [6.07, 6.45) is 21.6. The van der Waals surface area contributed by atoms with Crippen LogP contribution in [0.2, 0.25) is 0 Å². The van der Waals surface area contributed by atoms with Crippen LogP contribution in [0.5, 0.6) is 0 Å². The molecule has 1 rings (SSSR count). The molecule has 0 saturated heterocycles. The predicted octanol–water partition coefficient (Wildman–Crippen LogP) is 6.92. The molecule has 1 atom stereocenters. The Balaban J connectivity index is 2.05. The molecule has 4 heteroatoms. The maximum atomic E-state index is 12.3. The van der Waals surface area contributed by atoms with Crippen LogP contribution in [-0.4, -0.2) is 25.0 Å². The maximum Gasteiger partial charge on any atom is 0.328 e. The molecule has 0 spiro atoms. The first-order valence-electron chi connectivity index (χ1n) is 12.7. The Hall–Kier alpha value is -2.10. The highest BCUT2D eigenvalue weighted by molar-refractivity contribution is 5.84. The first-order chi connectivity index (χ1) is 15.7. The molecule has 0 aromatic heterocycles. The third kappa shape index (κ3) is 14.8. The van der Waals surface area contributed by atoms with Crippen molar-refractivity contribution in [1.29, 1.82) is 0 Å². The largest absolute Gasteiger partial charge is 0.467 e. The third-order valence-corrected chi connectivity index (χ3v) is 5.77. The number of hydrogen-bond donors (Lipinski definition) is 1. The fourth-order valence-electron chi connectivity index (χ4n) is 3.81. The fraction of sp³-hybridized carbons (Fsp3) is 0.643. The van der Waals surface area contributed by atoms with Gasteiger partial charge in [0.05, 0.1) is 7.11 Å². The van der Waals surface area contributed by atoms with Crippen LogP contribution in [-0.2, 0) is 20.7 Å². The molecule has 1 N–H and O–H groups in total. The fourth-order valence-corrected chi connectivity index (χ4v) is 3.81. The Kier molecular flexibility index (Phi) is 17.1. The molecular formula is C28H45NO3. The number of benzene rings is 1. The average Bonchev–Trinajstić information content (AvgIpc) is 2.81. The predicted molar refractivity (Wildman–Crippen MR) is 134 cm³/mol. The van der Waals surface area contributed by atoms with Crippen LogP contribution in [0.4, 0.5) is 0 Å². The lowest BCUT2D eigenvalue weighted by Gasteiger charge is -2.16. The van der Waals surface area contributed by atoms with E-state index in [-0.39, 0.29) is 5.91 Å². The van der Waals surface area contributed by atoms with Gasteiger partial charge in [0.25, 0.3) is 0 Å². The van der Waals surface area contributed by atoms with E-state index in [1.807, 2.05) is 30.3 Å². The summed E-state index contributed by atoms with van der Waals surface area (Å²) in [7, 11) is 1.36. The van der Waals surface area contributed by atoms with Crippen molar-refractivity contribution >= 4 is 11.9 Å². The number of carbonyl (C=O) groups excluding carboxylic acids is 2. The van der Waals surface area contributed by atoms with Crippen molar-refractivity contribution in [3.63, 3.8) is 0 Å². The third-order valence-electron chi connectivity index (χ3n) is 5.77. The van der Waals surface area contributed by atoms with E-state index in [1.54, 1.807) is 0 Å². The second kappa shape index (κ2) is 19.6. The van der Waals surface area contributed by atoms with Crippen molar-refractivity contribution in [2.24, 2.45) is 0 Å². The molecule has 1 amide bonds. The molecule has 4 nitrogen and oxygen atoms in total. The Morgan fingerprint density at radius 2 is 1.41 bits per heavy atom. The number of rotatable bonds is 19. The summed E-state index contributed by atoms with van der Waals surface area (Å²) in [5.74, 6) is -0.472. The van der Waals surface area contributed by atoms with Crippen molar-refractivity contribution in [2.75, 3.05) is 7.11 Å². The molecule has 0 bridgehead atoms. The van der Waals surface area contributed by atoms with Gasteiger partial charge in [-0.3, -0.25) is 4.79 Å². The average molecular weight is 444 g/mol. The van der Waals surface area contributed by atoms with Gasteiger partial charge in [-0.15, -0.1) is 0 Å². The van der Waals surface area contributed by atoms with Gasteiger partial charge in [-0.05, 0) is 37.7 Å². The Morgan fingerprint density at radius 3 is 2.00 bits per heavy atom. The van der Waals surface area contributed by atoms with Gasteiger partial charge in [0.15, 0.2) is 0 Å². The zero-order chi connectivity index (χ0) is 23.3. The first kappa shape index (κ1) is 27.9. The van der Waals surface area contributed by atoms with Crippen molar-refractivity contribution in [1.82, 2.24) is 5.32 Å². The van der Waals surface area contributed by atoms with Gasteiger partial charge in [-0.2, -0.15) is 0 Å². The number of unbranched alkanes of at least 4 members (excludes halogenated alkanes) is 11. The van der Waals surface area contributed by atoms with Gasteiger partial charge in [0, 0.05) is 12.8 Å². The number of ether oxygens (including phenoxy) is 1. The summed E-state index contributed by atoms with van der Waals surface area (Å²) >= 11 is 0. The lowest BCUT2D eigenvalue weighted by atomic mass is 10.1. The van der Waals surface area contributed by atoms with Gasteiger partial charge in [-0.1, -0.05) is 101 Å². The van der Waals surface area contributed by atoms with E-state index in [4.69, 9.17) is 4.74 Å². The normalized spacial score (nSPS) is 12.1. The van der Waals surface area contributed by atoms with E-state index in [0.717, 1.165) is 31.2 Å². The Bertz CT molecular complexity index is 627. The number of allylic oxidation sites excluding steroid dienone is 2. The maximum absolute atomic E-state index is 12.3. The molecule has 180 valence electrons. The van der Waals surface area contributed by atoms with E-state index in [9.17, 15) is 9.59 Å². The molecule has 0 fully saturated rings. The zero-order valence-corrected chi connectivity index (χ0v) is 20.5. The van der Waals surface area contributed by atoms with Crippen LogP contribution < -0.4 is 5.32 Å². The van der Waals surface area contributed by atoms with Crippen molar-refractivity contribution in [2.45, 2.75) is 109 Å². The smallest absolute Gasteiger partial charge is 0.328 e. The van der Waals surface area contributed by atoms with Gasteiger partial charge < -0.3 is 10.1 Å². The minimum atomic E-state index is -0.627. The Labute approximate surface area is 196 Å². The number of hydrogen-bond acceptors (Lipinski definition) is 3. The zero-order valence-electron chi connectivity index (χ0n) is 20.5. The van der Waals surface area contributed by atoms with E-state index >= 15 is 0 Å². The standard InChI is InChI=1S/C28H45NO3/c1-3-4-5-6-7-8-9-10-11-12-13-14-15-16-20-23-27(30)29-26(28(31)32-2)24-25-21-18-17-19-22-25/h10-11,17-19,21-22,26H,3-9,12-16,20,23-24H2,1-2H3,(H,29,30)/b11-10-/t26-/m1/s1. The molecule has 0 aliphatic rings. The quantitative estimate of drug-likeness (QED) is 0.143. The van der Waals surface area contributed by atoms with E-state index < -0.39 is 12.0 Å². The van der Waals surface area contributed by atoms with E-state index in [1.165, 1.54) is 64.9 Å². The van der Waals surface area contributed by atoms with Crippen LogP contribution in [0.25, 0.3) is 0 Å². The SMILES string of the molecule is CCCCCCCC/C=C\CCCCCCCC(=O)N[C@H](Cc1ccccc1)C(=O)OC. The Morgan fingerprint density at radius 1 is 0.844 bits per heavy atom. The lowest BCUT2D eigenvalue weighted by Crippen LogP contribution is -2.43. The summed E-state index contributed by atoms with van der Waals surface area (Å²) < 4.78 is 4.86. The number of carbonyl (C=O) groups is 2. The molecule has 1 aromatic rings. The summed E-state index contributed by atoms with van der Waals surface area (Å²) in [5, 5.41) is 2.84. The summed E-state index contributed by atoms with van der Waals surface area (Å²) in [4.78, 5) is 24.3. The number of esters is 1. The summed E-state index contributed by atoms with van der Waals surface area (Å²) in [6.45, 7) is 2.26. The molecule has 1 aromatic carbocycles. The molecule has 0 heterocycles. The molecule has 0 unspecified atom stereocenters. The molecule has 0 saturated carbocycles. The number of nitrogens with one attached hydrogen (secondary N) is 1. The van der Waals surface area contributed by atoms with Crippen LogP contribution in [0.1, 0.15) is 102 Å². The van der Waals surface area contributed by atoms with Crippen molar-refractivity contribution in [3.05, 3.63) is 48.0 Å². The molecule has 32 heavy (non-hydrogen) atoms. The monoisotopic (exact) mass is 443 g/mol. The lowest BCUT2D eigenvalue weighted by molar-refractivity contribution is -0.145. The highest BCUT2D eigenvalue weighted by Crippen LogP contribution is 2.10. The minimum absolute atomic E-state index is 0.0750. The van der Waals surface area contributed by atoms with Crippen LogP contribution in [0.3, 0.4) is 0 Å². The van der Waals surface area contributed by atoms with E-state index in [0.29, 0.717) is 12.8 Å². The van der Waals surface area contributed by atoms with Gasteiger partial charge >= 0.3 is 5.97 Å². The highest BCUT2D eigenvalue weighted by Gasteiger charge is 2.21. The molecule has 0 aliphatic heterocycles. The van der Waals surface area contributed by atoms with Crippen LogP contribution in [0.15, 0.2) is 42.5 Å². The van der Waals surface area contributed by atoms with E-state index in [2.05, 4.69) is 24.4 Å². The molecular weight excluding hydrogens is 398 g/mol. The number of methoxy groups -OCH3 is 1. The second-order valence-corrected chi connectivity index (χ2v) is 8.67. The molecule has 0 aliphatic carbocycles. The summed E-state index contributed by atoms with van der Waals surface area (Å²) in [5.41, 5.74) is 1.00. The number of amides is 1. The second-order valence-electron chi connectivity index (χ2n) is 8.67. The minimum Gasteiger partial charge on any atom is -0.467 e. The topological polar surface area (TPSA) is 55.4 Å². The highest BCUT2D eigenvalue weighted by atomic mass is 16.5. The summed E-state index contributed by atoms with van der Waals surface area (Å²) in [6, 6.07) is 9.06. The molecule has 0 radical (unpaired) electrons. The first-order valence-corrected chi connectivity index (χ1v) is 12.7. The van der Waals surface area contributed by atoms with Gasteiger partial charge in [0.1, 0.15) is 6.04 Å². The van der Waals surface area contributed by atoms with Crippen LogP contribution in [0, 0.1) is 0 Å². The van der Waals surface area contributed by atoms with Gasteiger partial charge in [-0.25, -0.2) is 4.79 Å². The van der Waals surface area contributed by atoms with Crippen molar-refractivity contribution < 1.29 is 14.3 Å². The van der Waals surface area contributed by atoms with Crippen molar-refractivity contribution in [3.8, 4) is 0 Å².